The number of urea groups is 1. The molecule has 0 aliphatic carbocycles. The summed E-state index contributed by atoms with van der Waals surface area (Å²) in [7, 11) is 0. The van der Waals surface area contributed by atoms with Gasteiger partial charge in [-0.3, -0.25) is 4.79 Å². The lowest BCUT2D eigenvalue weighted by Gasteiger charge is -2.34. The van der Waals surface area contributed by atoms with Gasteiger partial charge >= 0.3 is 12.0 Å². The van der Waals surface area contributed by atoms with Crippen LogP contribution in [0.15, 0.2) is 22.7 Å². The van der Waals surface area contributed by atoms with Crippen LogP contribution in [-0.4, -0.2) is 34.1 Å². The fraction of sp³-hybridized carbons (Fsp3) is 0.385. The zero-order valence-electron chi connectivity index (χ0n) is 11.4. The fourth-order valence-electron chi connectivity index (χ4n) is 1.51. The fourth-order valence-corrected chi connectivity index (χ4v) is 1.76. The third kappa shape index (κ3) is 4.48. The monoisotopic (exact) mass is 346 g/mol. The Balaban J connectivity index is 2.90. The number of rotatable bonds is 3. The van der Waals surface area contributed by atoms with E-state index in [1.54, 1.807) is 20.8 Å². The predicted octanol–water partition coefficient (Wildman–Crippen LogP) is 3.31. The average molecular weight is 347 g/mol. The second-order valence-electron chi connectivity index (χ2n) is 5.21. The van der Waals surface area contributed by atoms with E-state index < -0.39 is 29.9 Å². The van der Waals surface area contributed by atoms with Gasteiger partial charge in [0.2, 0.25) is 0 Å². The molecule has 1 aromatic rings. The first-order valence-corrected chi connectivity index (χ1v) is 6.66. The topological polar surface area (TPSA) is 69.6 Å². The van der Waals surface area contributed by atoms with E-state index in [9.17, 15) is 14.0 Å². The van der Waals surface area contributed by atoms with Gasteiger partial charge in [0.1, 0.15) is 12.4 Å². The van der Waals surface area contributed by atoms with Crippen LogP contribution in [0.1, 0.15) is 20.8 Å². The molecule has 1 aromatic carbocycles. The van der Waals surface area contributed by atoms with E-state index in [1.807, 2.05) is 0 Å². The number of carbonyl (C=O) groups is 2. The summed E-state index contributed by atoms with van der Waals surface area (Å²) >= 11 is 3.01. The maximum atomic E-state index is 13.4. The molecule has 110 valence electrons. The Bertz CT molecular complexity index is 529. The van der Waals surface area contributed by atoms with Gasteiger partial charge in [-0.15, -0.1) is 0 Å². The Morgan fingerprint density at radius 2 is 2.00 bits per heavy atom. The lowest BCUT2D eigenvalue weighted by Crippen LogP contribution is -2.50. The molecule has 5 nitrogen and oxygen atoms in total. The molecular formula is C13H16BrFN2O3. The van der Waals surface area contributed by atoms with Gasteiger partial charge in [-0.2, -0.15) is 0 Å². The Morgan fingerprint density at radius 1 is 1.40 bits per heavy atom. The number of benzene rings is 1. The summed E-state index contributed by atoms with van der Waals surface area (Å²) in [4.78, 5) is 24.1. The standard InChI is InChI=1S/C13H16BrFN2O3/c1-13(2,3)17(7-11(18)19)12(20)16-8-4-5-9(14)10(15)6-8/h4-6H,7H2,1-3H3,(H,16,20)(H,18,19). The van der Waals surface area contributed by atoms with Crippen molar-refractivity contribution in [2.75, 3.05) is 11.9 Å². The van der Waals surface area contributed by atoms with Crippen LogP contribution < -0.4 is 5.32 Å². The minimum absolute atomic E-state index is 0.260. The molecule has 1 rings (SSSR count). The molecule has 0 aromatic heterocycles. The highest BCUT2D eigenvalue weighted by Crippen LogP contribution is 2.21. The molecule has 0 spiro atoms. The first-order valence-electron chi connectivity index (χ1n) is 5.86. The van der Waals surface area contributed by atoms with E-state index in [0.29, 0.717) is 0 Å². The molecule has 7 heteroatoms. The number of carboxylic acids is 1. The van der Waals surface area contributed by atoms with Crippen molar-refractivity contribution < 1.29 is 19.1 Å². The maximum Gasteiger partial charge on any atom is 0.323 e. The summed E-state index contributed by atoms with van der Waals surface area (Å²) in [5.74, 6) is -1.62. The van der Waals surface area contributed by atoms with Crippen LogP contribution in [0.4, 0.5) is 14.9 Å². The van der Waals surface area contributed by atoms with Crippen LogP contribution in [0.25, 0.3) is 0 Å². The van der Waals surface area contributed by atoms with Crippen molar-refractivity contribution >= 4 is 33.6 Å². The van der Waals surface area contributed by atoms with Crippen LogP contribution in [0.3, 0.4) is 0 Å². The Labute approximate surface area is 124 Å². The highest BCUT2D eigenvalue weighted by Gasteiger charge is 2.28. The second kappa shape index (κ2) is 6.21. The summed E-state index contributed by atoms with van der Waals surface area (Å²) in [6.45, 7) is 4.72. The lowest BCUT2D eigenvalue weighted by molar-refractivity contribution is -0.138. The molecule has 0 fully saturated rings. The molecule has 0 bridgehead atoms. The van der Waals surface area contributed by atoms with E-state index in [1.165, 1.54) is 12.1 Å². The van der Waals surface area contributed by atoms with Gasteiger partial charge in [-0.25, -0.2) is 9.18 Å². The number of anilines is 1. The number of hydrogen-bond donors (Lipinski definition) is 2. The SMILES string of the molecule is CC(C)(C)N(CC(=O)O)C(=O)Nc1ccc(Br)c(F)c1. The molecule has 0 aliphatic rings. The summed E-state index contributed by atoms with van der Waals surface area (Å²) in [5.41, 5.74) is -0.411. The number of hydrogen-bond acceptors (Lipinski definition) is 2. The Kier molecular flexibility index (Phi) is 5.10. The van der Waals surface area contributed by atoms with Crippen LogP contribution in [0.2, 0.25) is 0 Å². The summed E-state index contributed by atoms with van der Waals surface area (Å²) < 4.78 is 13.7. The third-order valence-corrected chi connectivity index (χ3v) is 3.16. The molecule has 0 unspecified atom stereocenters. The lowest BCUT2D eigenvalue weighted by atomic mass is 10.1. The van der Waals surface area contributed by atoms with Crippen molar-refractivity contribution in [2.45, 2.75) is 26.3 Å². The second-order valence-corrected chi connectivity index (χ2v) is 6.06. The minimum atomic E-state index is -1.11. The van der Waals surface area contributed by atoms with Crippen molar-refractivity contribution in [3.8, 4) is 0 Å². The van der Waals surface area contributed by atoms with Crippen molar-refractivity contribution in [3.63, 3.8) is 0 Å². The molecule has 20 heavy (non-hydrogen) atoms. The predicted molar refractivity (Wildman–Crippen MR) is 77.2 cm³/mol. The maximum absolute atomic E-state index is 13.4. The van der Waals surface area contributed by atoms with Gasteiger partial charge < -0.3 is 15.3 Å². The van der Waals surface area contributed by atoms with E-state index in [-0.39, 0.29) is 10.2 Å². The van der Waals surface area contributed by atoms with Crippen molar-refractivity contribution in [3.05, 3.63) is 28.5 Å². The molecular weight excluding hydrogens is 331 g/mol. The molecule has 2 amide bonds. The van der Waals surface area contributed by atoms with Gasteiger partial charge in [-0.05, 0) is 54.9 Å². The summed E-state index contributed by atoms with van der Waals surface area (Å²) in [5, 5.41) is 11.3. The smallest absolute Gasteiger partial charge is 0.323 e. The quantitative estimate of drug-likeness (QED) is 0.881. The Hall–Kier alpha value is -1.63. The minimum Gasteiger partial charge on any atom is -0.480 e. The molecule has 0 saturated carbocycles. The third-order valence-electron chi connectivity index (χ3n) is 2.52. The summed E-state index contributed by atoms with van der Waals surface area (Å²) in [6.07, 6.45) is 0. The van der Waals surface area contributed by atoms with Crippen molar-refractivity contribution in [2.24, 2.45) is 0 Å². The molecule has 0 heterocycles. The average Bonchev–Trinajstić information content (AvgIpc) is 2.29. The summed E-state index contributed by atoms with van der Waals surface area (Å²) in [6, 6.07) is 3.54. The van der Waals surface area contributed by atoms with Gasteiger partial charge in [0.05, 0.1) is 4.47 Å². The zero-order chi connectivity index (χ0) is 15.5. The van der Waals surface area contributed by atoms with E-state index in [2.05, 4.69) is 21.2 Å². The Morgan fingerprint density at radius 3 is 2.45 bits per heavy atom. The first kappa shape index (κ1) is 16.4. The normalized spacial score (nSPS) is 11.1. The van der Waals surface area contributed by atoms with Gasteiger partial charge in [0.15, 0.2) is 0 Å². The number of nitrogens with one attached hydrogen (secondary N) is 1. The number of carboxylic acid groups (broad SMARTS) is 1. The highest BCUT2D eigenvalue weighted by atomic mass is 79.9. The number of aliphatic carboxylic acids is 1. The number of amides is 2. The molecule has 0 saturated heterocycles. The van der Waals surface area contributed by atoms with E-state index in [4.69, 9.17) is 5.11 Å². The largest absolute Gasteiger partial charge is 0.480 e. The van der Waals surface area contributed by atoms with Crippen LogP contribution in [0, 0.1) is 5.82 Å². The number of nitrogens with zero attached hydrogens (tertiary/aromatic N) is 1. The molecule has 0 radical (unpaired) electrons. The molecule has 0 aliphatic heterocycles. The van der Waals surface area contributed by atoms with Crippen LogP contribution >= 0.6 is 15.9 Å². The number of halogens is 2. The van der Waals surface area contributed by atoms with Gasteiger partial charge in [0.25, 0.3) is 0 Å². The van der Waals surface area contributed by atoms with Crippen LogP contribution in [0.5, 0.6) is 0 Å². The van der Waals surface area contributed by atoms with Crippen LogP contribution in [-0.2, 0) is 4.79 Å². The molecule has 0 atom stereocenters. The van der Waals surface area contributed by atoms with Gasteiger partial charge in [0, 0.05) is 11.2 Å². The zero-order valence-corrected chi connectivity index (χ0v) is 13.0. The molecule has 2 N–H and O–H groups in total. The highest BCUT2D eigenvalue weighted by molar-refractivity contribution is 9.10. The van der Waals surface area contributed by atoms with Crippen molar-refractivity contribution in [1.29, 1.82) is 0 Å². The van der Waals surface area contributed by atoms with Gasteiger partial charge in [-0.1, -0.05) is 0 Å². The van der Waals surface area contributed by atoms with Crippen molar-refractivity contribution in [1.82, 2.24) is 4.90 Å². The first-order chi connectivity index (χ1) is 9.11. The van der Waals surface area contributed by atoms with E-state index in [0.717, 1.165) is 11.0 Å². The number of carbonyl (C=O) groups excluding carboxylic acids is 1. The van der Waals surface area contributed by atoms with E-state index >= 15 is 0 Å².